The molecule has 1 aromatic carbocycles. The van der Waals surface area contributed by atoms with E-state index in [1.165, 1.54) is 6.42 Å². The second kappa shape index (κ2) is 7.09. The molecule has 0 unspecified atom stereocenters. The Hall–Kier alpha value is -1.06. The Morgan fingerprint density at radius 2 is 2.25 bits per heavy atom. The smallest absolute Gasteiger partial charge is 0.240 e. The van der Waals surface area contributed by atoms with Gasteiger partial charge in [0, 0.05) is 17.6 Å². The zero-order valence-electron chi connectivity index (χ0n) is 12.2. The molecule has 1 N–H and O–H groups in total. The first-order valence-electron chi connectivity index (χ1n) is 7.36. The number of nitrogens with zero attached hydrogens (tertiary/aromatic N) is 1. The predicted octanol–water partition coefficient (Wildman–Crippen LogP) is 3.22. The zero-order chi connectivity index (χ0) is 14.5. The van der Waals surface area contributed by atoms with Crippen LogP contribution in [-0.2, 0) is 11.3 Å². The summed E-state index contributed by atoms with van der Waals surface area (Å²) < 4.78 is 0. The third kappa shape index (κ3) is 3.97. The van der Waals surface area contributed by atoms with Crippen molar-refractivity contribution in [2.45, 2.75) is 51.7 Å². The van der Waals surface area contributed by atoms with Crippen molar-refractivity contribution < 1.29 is 4.79 Å². The molecule has 1 fully saturated rings. The summed E-state index contributed by atoms with van der Waals surface area (Å²) in [5.74, 6) is 0.208. The molecule has 0 radical (unpaired) electrons. The molecule has 20 heavy (non-hydrogen) atoms. The van der Waals surface area contributed by atoms with E-state index in [9.17, 15) is 4.79 Å². The first-order valence-corrected chi connectivity index (χ1v) is 7.74. The topological polar surface area (TPSA) is 32.3 Å². The van der Waals surface area contributed by atoms with Gasteiger partial charge in [0.1, 0.15) is 0 Å². The molecule has 1 heterocycles. The Morgan fingerprint density at radius 3 is 2.85 bits per heavy atom. The van der Waals surface area contributed by atoms with Gasteiger partial charge in [-0.3, -0.25) is 4.79 Å². The molecule has 1 amide bonds. The van der Waals surface area contributed by atoms with Crippen LogP contribution in [0.3, 0.4) is 0 Å². The molecule has 1 aliphatic rings. The molecular weight excluding hydrogens is 272 g/mol. The number of piperidine rings is 1. The molecule has 4 heteroatoms. The lowest BCUT2D eigenvalue weighted by molar-refractivity contribution is -0.136. The van der Waals surface area contributed by atoms with Crippen LogP contribution in [0.5, 0.6) is 0 Å². The molecule has 0 aliphatic carbocycles. The van der Waals surface area contributed by atoms with Crippen LogP contribution in [0.15, 0.2) is 24.3 Å². The number of rotatable bonds is 4. The van der Waals surface area contributed by atoms with E-state index in [0.29, 0.717) is 6.54 Å². The second-order valence-corrected chi connectivity index (χ2v) is 6.13. The van der Waals surface area contributed by atoms with Crippen LogP contribution in [0, 0.1) is 0 Å². The van der Waals surface area contributed by atoms with Gasteiger partial charge in [0.2, 0.25) is 5.91 Å². The molecule has 1 saturated heterocycles. The van der Waals surface area contributed by atoms with Crippen LogP contribution in [0.4, 0.5) is 0 Å². The third-order valence-corrected chi connectivity index (χ3v) is 3.99. The van der Waals surface area contributed by atoms with Crippen molar-refractivity contribution in [3.8, 4) is 0 Å². The van der Waals surface area contributed by atoms with Crippen LogP contribution in [0.1, 0.15) is 38.7 Å². The highest BCUT2D eigenvalue weighted by Crippen LogP contribution is 2.17. The molecule has 2 rings (SSSR count). The molecule has 110 valence electrons. The number of carbonyl (C=O) groups is 1. The third-order valence-electron chi connectivity index (χ3n) is 3.76. The molecule has 3 nitrogen and oxygen atoms in total. The van der Waals surface area contributed by atoms with Gasteiger partial charge in [-0.05, 0) is 50.9 Å². The van der Waals surface area contributed by atoms with Gasteiger partial charge in [-0.1, -0.05) is 30.2 Å². The lowest BCUT2D eigenvalue weighted by Crippen LogP contribution is -2.50. The average Bonchev–Trinajstić information content (AvgIpc) is 2.45. The van der Waals surface area contributed by atoms with E-state index in [1.54, 1.807) is 0 Å². The average molecular weight is 295 g/mol. The second-order valence-electron chi connectivity index (χ2n) is 5.69. The van der Waals surface area contributed by atoms with E-state index in [-0.39, 0.29) is 18.0 Å². The number of nitrogens with one attached hydrogen (secondary N) is 1. The number of hydrogen-bond donors (Lipinski definition) is 1. The Labute approximate surface area is 126 Å². The predicted molar refractivity (Wildman–Crippen MR) is 82.8 cm³/mol. The number of amides is 1. The van der Waals surface area contributed by atoms with Crippen LogP contribution >= 0.6 is 11.6 Å². The molecule has 1 atom stereocenters. The Morgan fingerprint density at radius 1 is 1.45 bits per heavy atom. The van der Waals surface area contributed by atoms with E-state index >= 15 is 0 Å². The van der Waals surface area contributed by atoms with E-state index in [1.807, 2.05) is 29.2 Å². The molecule has 0 aromatic heterocycles. The first kappa shape index (κ1) is 15.3. The van der Waals surface area contributed by atoms with Crippen LogP contribution in [0.2, 0.25) is 5.02 Å². The number of benzene rings is 1. The summed E-state index contributed by atoms with van der Waals surface area (Å²) in [6, 6.07) is 7.89. The van der Waals surface area contributed by atoms with Crippen molar-refractivity contribution in [1.29, 1.82) is 0 Å². The summed E-state index contributed by atoms with van der Waals surface area (Å²) in [6.45, 7) is 5.69. The highest BCUT2D eigenvalue weighted by atomic mass is 35.5. The normalized spacial score (nSPS) is 19.1. The quantitative estimate of drug-likeness (QED) is 0.925. The molecule has 0 bridgehead atoms. The van der Waals surface area contributed by atoms with Gasteiger partial charge in [0.05, 0.1) is 6.04 Å². The van der Waals surface area contributed by atoms with Gasteiger partial charge in [0.25, 0.3) is 0 Å². The van der Waals surface area contributed by atoms with Crippen molar-refractivity contribution >= 4 is 17.5 Å². The van der Waals surface area contributed by atoms with Crippen molar-refractivity contribution in [3.63, 3.8) is 0 Å². The first-order chi connectivity index (χ1) is 9.58. The van der Waals surface area contributed by atoms with Gasteiger partial charge in [0.15, 0.2) is 0 Å². The van der Waals surface area contributed by atoms with Crippen molar-refractivity contribution in [2.24, 2.45) is 0 Å². The highest BCUT2D eigenvalue weighted by molar-refractivity contribution is 6.30. The Balaban J connectivity index is 2.08. The van der Waals surface area contributed by atoms with Crippen molar-refractivity contribution in [3.05, 3.63) is 34.9 Å². The van der Waals surface area contributed by atoms with Crippen LogP contribution in [0.25, 0.3) is 0 Å². The van der Waals surface area contributed by atoms with E-state index in [2.05, 4.69) is 19.2 Å². The number of halogens is 1. The molecule has 0 saturated carbocycles. The summed E-state index contributed by atoms with van der Waals surface area (Å²) in [5, 5.41) is 4.05. The van der Waals surface area contributed by atoms with Gasteiger partial charge < -0.3 is 10.2 Å². The monoisotopic (exact) mass is 294 g/mol. The van der Waals surface area contributed by atoms with E-state index in [0.717, 1.165) is 30.0 Å². The Kier molecular flexibility index (Phi) is 5.44. The van der Waals surface area contributed by atoms with Crippen LogP contribution in [-0.4, -0.2) is 29.4 Å². The summed E-state index contributed by atoms with van der Waals surface area (Å²) in [6.07, 6.45) is 3.24. The summed E-state index contributed by atoms with van der Waals surface area (Å²) >= 11 is 6.02. The maximum absolute atomic E-state index is 12.7. The van der Waals surface area contributed by atoms with Crippen molar-refractivity contribution in [1.82, 2.24) is 10.2 Å². The highest BCUT2D eigenvalue weighted by Gasteiger charge is 2.27. The summed E-state index contributed by atoms with van der Waals surface area (Å²) in [4.78, 5) is 14.6. The van der Waals surface area contributed by atoms with Gasteiger partial charge >= 0.3 is 0 Å². The molecule has 1 aliphatic heterocycles. The minimum absolute atomic E-state index is 0.0228. The van der Waals surface area contributed by atoms with Crippen LogP contribution < -0.4 is 5.32 Å². The maximum atomic E-state index is 12.7. The minimum atomic E-state index is -0.0228. The van der Waals surface area contributed by atoms with Gasteiger partial charge in [-0.25, -0.2) is 0 Å². The maximum Gasteiger partial charge on any atom is 0.240 e. The summed E-state index contributed by atoms with van der Waals surface area (Å²) in [5.41, 5.74) is 1.08. The lowest BCUT2D eigenvalue weighted by Gasteiger charge is -2.33. The number of hydrogen-bond acceptors (Lipinski definition) is 2. The number of carbonyl (C=O) groups excluding carboxylic acids is 1. The lowest BCUT2D eigenvalue weighted by atomic mass is 10.0. The molecule has 1 aromatic rings. The van der Waals surface area contributed by atoms with Gasteiger partial charge in [-0.2, -0.15) is 0 Å². The van der Waals surface area contributed by atoms with Crippen molar-refractivity contribution in [2.75, 3.05) is 6.54 Å². The largest absolute Gasteiger partial charge is 0.335 e. The Bertz CT molecular complexity index is 456. The fourth-order valence-electron chi connectivity index (χ4n) is 2.61. The van der Waals surface area contributed by atoms with E-state index < -0.39 is 0 Å². The van der Waals surface area contributed by atoms with Gasteiger partial charge in [-0.15, -0.1) is 0 Å². The molecule has 0 spiro atoms. The SMILES string of the molecule is CC(C)N(Cc1cccc(Cl)c1)C(=O)[C@H]1CCCCN1. The summed E-state index contributed by atoms with van der Waals surface area (Å²) in [7, 11) is 0. The fraction of sp³-hybridized carbons (Fsp3) is 0.562. The minimum Gasteiger partial charge on any atom is -0.335 e. The standard InChI is InChI=1S/C16H23ClN2O/c1-12(2)19(11-13-6-5-7-14(17)10-13)16(20)15-8-3-4-9-18-15/h5-7,10,12,15,18H,3-4,8-9,11H2,1-2H3/t15-/m1/s1. The van der Waals surface area contributed by atoms with E-state index in [4.69, 9.17) is 11.6 Å². The zero-order valence-corrected chi connectivity index (χ0v) is 13.0. The molecular formula is C16H23ClN2O. The fourth-order valence-corrected chi connectivity index (χ4v) is 2.82.